The standard InChI is InChI=1S/C22H26N4O/c27-22(10-14-25-13-8-19-5-1-2-7-21(19)25)26-17-15-24(16-18-26)12-9-20-6-3-4-11-23-20/h1-8,11,13H,9-10,12,14-18H2. The highest BCUT2D eigenvalue weighted by Gasteiger charge is 2.20. The molecule has 0 saturated carbocycles. The van der Waals surface area contributed by atoms with Gasteiger partial charge in [-0.25, -0.2) is 0 Å². The molecule has 3 heterocycles. The zero-order chi connectivity index (χ0) is 18.5. The van der Waals surface area contributed by atoms with Crippen molar-refractivity contribution in [2.24, 2.45) is 0 Å². The van der Waals surface area contributed by atoms with E-state index in [0.29, 0.717) is 6.42 Å². The number of carbonyl (C=O) groups excluding carboxylic acids is 1. The summed E-state index contributed by atoms with van der Waals surface area (Å²) in [5, 5.41) is 1.23. The van der Waals surface area contributed by atoms with Gasteiger partial charge >= 0.3 is 0 Å². The number of nitrogens with zero attached hydrogens (tertiary/aromatic N) is 4. The molecule has 0 aliphatic carbocycles. The molecule has 1 aromatic carbocycles. The lowest BCUT2D eigenvalue weighted by Crippen LogP contribution is -2.49. The van der Waals surface area contributed by atoms with E-state index >= 15 is 0 Å². The van der Waals surface area contributed by atoms with E-state index in [2.05, 4.69) is 44.9 Å². The summed E-state index contributed by atoms with van der Waals surface area (Å²) >= 11 is 0. The lowest BCUT2D eigenvalue weighted by molar-refractivity contribution is -0.133. The molecule has 0 radical (unpaired) electrons. The lowest BCUT2D eigenvalue weighted by Gasteiger charge is -2.34. The Bertz CT molecular complexity index is 881. The number of aromatic nitrogens is 2. The molecule has 1 aliphatic rings. The molecule has 140 valence electrons. The van der Waals surface area contributed by atoms with Crippen LogP contribution in [0.3, 0.4) is 0 Å². The number of piperazine rings is 1. The maximum atomic E-state index is 12.6. The number of rotatable bonds is 6. The van der Waals surface area contributed by atoms with Crippen LogP contribution < -0.4 is 0 Å². The smallest absolute Gasteiger partial charge is 0.224 e. The van der Waals surface area contributed by atoms with Crippen molar-refractivity contribution in [2.45, 2.75) is 19.4 Å². The van der Waals surface area contributed by atoms with Crippen molar-refractivity contribution in [3.63, 3.8) is 0 Å². The Hall–Kier alpha value is -2.66. The van der Waals surface area contributed by atoms with Crippen molar-refractivity contribution in [3.05, 3.63) is 66.6 Å². The summed E-state index contributed by atoms with van der Waals surface area (Å²) in [4.78, 5) is 21.4. The fraction of sp³-hybridized carbons (Fsp3) is 0.364. The lowest BCUT2D eigenvalue weighted by atomic mass is 10.2. The fourth-order valence-electron chi connectivity index (χ4n) is 3.75. The first-order chi connectivity index (χ1) is 13.3. The molecule has 1 fully saturated rings. The predicted molar refractivity (Wildman–Crippen MR) is 108 cm³/mol. The third-order valence-electron chi connectivity index (χ3n) is 5.38. The first kappa shape index (κ1) is 17.7. The quantitative estimate of drug-likeness (QED) is 0.677. The van der Waals surface area contributed by atoms with E-state index in [4.69, 9.17) is 0 Å². The highest BCUT2D eigenvalue weighted by atomic mass is 16.2. The van der Waals surface area contributed by atoms with Crippen molar-refractivity contribution in [1.29, 1.82) is 0 Å². The molecule has 1 amide bonds. The van der Waals surface area contributed by atoms with Gasteiger partial charge in [0.25, 0.3) is 0 Å². The minimum atomic E-state index is 0.261. The summed E-state index contributed by atoms with van der Waals surface area (Å²) in [7, 11) is 0. The molecular weight excluding hydrogens is 336 g/mol. The Morgan fingerprint density at radius 3 is 2.56 bits per heavy atom. The minimum Gasteiger partial charge on any atom is -0.347 e. The highest BCUT2D eigenvalue weighted by Crippen LogP contribution is 2.16. The molecule has 1 aliphatic heterocycles. The zero-order valence-corrected chi connectivity index (χ0v) is 15.6. The highest BCUT2D eigenvalue weighted by molar-refractivity contribution is 5.80. The largest absolute Gasteiger partial charge is 0.347 e. The number of carbonyl (C=O) groups is 1. The van der Waals surface area contributed by atoms with Gasteiger partial charge in [-0.3, -0.25) is 14.7 Å². The molecule has 0 bridgehead atoms. The first-order valence-corrected chi connectivity index (χ1v) is 9.73. The second kappa shape index (κ2) is 8.35. The average molecular weight is 362 g/mol. The number of para-hydroxylation sites is 1. The summed E-state index contributed by atoms with van der Waals surface area (Å²) in [5.74, 6) is 0.261. The molecule has 0 atom stereocenters. The van der Waals surface area contributed by atoms with Gasteiger partial charge in [0.05, 0.1) is 0 Å². The summed E-state index contributed by atoms with van der Waals surface area (Å²) in [6, 6.07) is 16.5. The van der Waals surface area contributed by atoms with Gasteiger partial charge in [0.15, 0.2) is 0 Å². The predicted octanol–water partition coefficient (Wildman–Crippen LogP) is 2.81. The Balaban J connectivity index is 1.23. The third kappa shape index (κ3) is 4.37. The monoisotopic (exact) mass is 362 g/mol. The molecule has 1 saturated heterocycles. The summed E-state index contributed by atoms with van der Waals surface area (Å²) < 4.78 is 2.18. The van der Waals surface area contributed by atoms with Crippen LogP contribution in [0.1, 0.15) is 12.1 Å². The Morgan fingerprint density at radius 2 is 1.74 bits per heavy atom. The molecule has 0 unspecified atom stereocenters. The Morgan fingerprint density at radius 1 is 0.926 bits per heavy atom. The second-order valence-corrected chi connectivity index (χ2v) is 7.11. The van der Waals surface area contributed by atoms with Crippen LogP contribution in [-0.4, -0.2) is 58.0 Å². The van der Waals surface area contributed by atoms with Crippen LogP contribution in [-0.2, 0) is 17.8 Å². The number of amides is 1. The number of hydrogen-bond acceptors (Lipinski definition) is 3. The van der Waals surface area contributed by atoms with Crippen molar-refractivity contribution < 1.29 is 4.79 Å². The number of pyridine rings is 1. The van der Waals surface area contributed by atoms with E-state index in [1.54, 1.807) is 0 Å². The van der Waals surface area contributed by atoms with Crippen molar-refractivity contribution >= 4 is 16.8 Å². The van der Waals surface area contributed by atoms with Crippen molar-refractivity contribution in [2.75, 3.05) is 32.7 Å². The molecule has 0 spiro atoms. The van der Waals surface area contributed by atoms with Gasteiger partial charge in [-0.2, -0.15) is 0 Å². The fourth-order valence-corrected chi connectivity index (χ4v) is 3.75. The number of benzene rings is 1. The molecule has 4 rings (SSSR count). The van der Waals surface area contributed by atoms with E-state index in [1.165, 1.54) is 10.9 Å². The molecule has 3 aromatic rings. The van der Waals surface area contributed by atoms with Gasteiger partial charge in [0.2, 0.25) is 5.91 Å². The van der Waals surface area contributed by atoms with E-state index in [-0.39, 0.29) is 5.91 Å². The average Bonchev–Trinajstić information content (AvgIpc) is 3.15. The SMILES string of the molecule is O=C(CCn1ccc2ccccc21)N1CCN(CCc2ccccn2)CC1. The normalized spacial score (nSPS) is 15.3. The van der Waals surface area contributed by atoms with Crippen LogP contribution in [0.4, 0.5) is 0 Å². The second-order valence-electron chi connectivity index (χ2n) is 7.11. The molecule has 2 aromatic heterocycles. The van der Waals surface area contributed by atoms with Crippen LogP contribution >= 0.6 is 0 Å². The zero-order valence-electron chi connectivity index (χ0n) is 15.6. The number of aryl methyl sites for hydroxylation is 1. The summed E-state index contributed by atoms with van der Waals surface area (Å²) in [6.07, 6.45) is 5.45. The van der Waals surface area contributed by atoms with E-state index in [0.717, 1.165) is 51.4 Å². The van der Waals surface area contributed by atoms with E-state index < -0.39 is 0 Å². The van der Waals surface area contributed by atoms with Gasteiger partial charge in [-0.05, 0) is 29.7 Å². The Labute approximate surface area is 160 Å². The van der Waals surface area contributed by atoms with Gasteiger partial charge in [-0.1, -0.05) is 24.3 Å². The van der Waals surface area contributed by atoms with Crippen LogP contribution in [0.5, 0.6) is 0 Å². The van der Waals surface area contributed by atoms with Crippen LogP contribution in [0.2, 0.25) is 0 Å². The number of fused-ring (bicyclic) bond motifs is 1. The van der Waals surface area contributed by atoms with Gasteiger partial charge in [0.1, 0.15) is 0 Å². The summed E-state index contributed by atoms with van der Waals surface area (Å²) in [5.41, 5.74) is 2.33. The van der Waals surface area contributed by atoms with Gasteiger partial charge in [0, 0.05) is 75.7 Å². The summed E-state index contributed by atoms with van der Waals surface area (Å²) in [6.45, 7) is 5.30. The van der Waals surface area contributed by atoms with Gasteiger partial charge < -0.3 is 9.47 Å². The van der Waals surface area contributed by atoms with E-state index in [1.807, 2.05) is 35.4 Å². The first-order valence-electron chi connectivity index (χ1n) is 9.73. The minimum absolute atomic E-state index is 0.261. The number of hydrogen-bond donors (Lipinski definition) is 0. The van der Waals surface area contributed by atoms with Crippen LogP contribution in [0, 0.1) is 0 Å². The van der Waals surface area contributed by atoms with Crippen LogP contribution in [0.25, 0.3) is 10.9 Å². The molecule has 5 heteroatoms. The third-order valence-corrected chi connectivity index (χ3v) is 5.38. The molecular formula is C22H26N4O. The van der Waals surface area contributed by atoms with Gasteiger partial charge in [-0.15, -0.1) is 0 Å². The molecule has 0 N–H and O–H groups in total. The Kier molecular flexibility index (Phi) is 5.49. The maximum absolute atomic E-state index is 12.6. The molecule has 5 nitrogen and oxygen atoms in total. The topological polar surface area (TPSA) is 41.4 Å². The van der Waals surface area contributed by atoms with E-state index in [9.17, 15) is 4.79 Å². The van der Waals surface area contributed by atoms with Crippen molar-refractivity contribution in [3.8, 4) is 0 Å². The van der Waals surface area contributed by atoms with Crippen molar-refractivity contribution in [1.82, 2.24) is 19.4 Å². The maximum Gasteiger partial charge on any atom is 0.224 e. The molecule has 27 heavy (non-hydrogen) atoms. The van der Waals surface area contributed by atoms with Crippen LogP contribution in [0.15, 0.2) is 60.9 Å².